The van der Waals surface area contributed by atoms with Crippen LogP contribution in [0, 0.1) is 10.8 Å². The normalized spacial score (nSPS) is 10.9. The van der Waals surface area contributed by atoms with Gasteiger partial charge in [0.1, 0.15) is 71.0 Å². The van der Waals surface area contributed by atoms with Gasteiger partial charge in [-0.25, -0.2) is 28.1 Å². The van der Waals surface area contributed by atoms with E-state index in [9.17, 15) is 91.1 Å². The van der Waals surface area contributed by atoms with E-state index in [1.807, 2.05) is 110 Å². The van der Waals surface area contributed by atoms with E-state index in [0.717, 1.165) is 37.4 Å². The van der Waals surface area contributed by atoms with Crippen LogP contribution in [0.2, 0.25) is 0 Å². The highest BCUT2D eigenvalue weighted by molar-refractivity contribution is 8.01. The third-order valence-electron chi connectivity index (χ3n) is 20.0. The molecule has 0 saturated carbocycles. The Kier molecular flexibility index (Phi) is 93.1. The molecular formula is C95H157N7O29S16. The fraction of sp³-hybridized carbons (Fsp3) is 0.737. The standard InChI is InChI=1S/C34H58O13S6.C21H33N3O9S3.C21H38N2O4S4.C19H28N2O3S3/c1-48-13-7-27(35)42-21-33(22-43-28(36)8-14-49-2,23-44-29(37)9-15-50-3)19-41-20-34(24-45-30(38)10-16-51-4,25-46-31(39)11-17-52-5)26-47-32(40)12-18-53-6;1-34-13-4-16(25)31-10-7-22-19(28)23(8-11-32-17(26)5-14-35-2)21(30)24(20(22)29)9-12-33-18(27)6-15-36-3;1-28-14-18(24)8-5-10-22(20(26)16-30-3)12-7-13-23(21(27)17-31-4)11-6-9-19(25)15-29-2;1-25-8-4-5-17(22)14-11-15(18(23)20-6-9-26-2)13-16(12-14)19(24)21-7-10-27-3/h7-26H2,1-6H3;4-15H2,1-3H3;5-17H2,1-4H3;11-13H,4-10H2,1-3H3,(H,20,23)(H,21,24). The van der Waals surface area contributed by atoms with Crippen LogP contribution in [0.5, 0.6) is 0 Å². The molecule has 52 heteroatoms. The van der Waals surface area contributed by atoms with Gasteiger partial charge in [-0.1, -0.05) is 0 Å². The minimum atomic E-state index is -1.34. The summed E-state index contributed by atoms with van der Waals surface area (Å²) in [4.78, 5) is 239. The molecule has 2 N–H and O–H groups in total. The van der Waals surface area contributed by atoms with Crippen LogP contribution in [0.1, 0.15) is 134 Å². The van der Waals surface area contributed by atoms with E-state index in [-0.39, 0.29) is 191 Å². The van der Waals surface area contributed by atoms with Crippen LogP contribution in [0.4, 0.5) is 0 Å². The number of thioether (sulfide) groups is 16. The number of rotatable bonds is 85. The van der Waals surface area contributed by atoms with Crippen molar-refractivity contribution in [2.75, 3.05) is 304 Å². The number of nitrogens with one attached hydrogen (secondary N) is 2. The van der Waals surface area contributed by atoms with E-state index in [4.69, 9.17) is 47.4 Å². The van der Waals surface area contributed by atoms with Gasteiger partial charge in [-0.15, -0.1) is 0 Å². The monoisotopic (exact) mass is 2370 g/mol. The summed E-state index contributed by atoms with van der Waals surface area (Å²) in [5.74, 6) is 4.92. The number of benzene rings is 1. The summed E-state index contributed by atoms with van der Waals surface area (Å²) in [5.41, 5.74) is -4.32. The lowest BCUT2D eigenvalue weighted by atomic mass is 9.90. The average Bonchev–Trinajstić information content (AvgIpc) is 0.782. The lowest BCUT2D eigenvalue weighted by Gasteiger charge is -2.35. The topological polar surface area (TPSA) is 462 Å². The highest BCUT2D eigenvalue weighted by Crippen LogP contribution is 2.28. The van der Waals surface area contributed by atoms with Crippen molar-refractivity contribution in [1.82, 2.24) is 34.1 Å². The van der Waals surface area contributed by atoms with Crippen LogP contribution < -0.4 is 27.7 Å². The van der Waals surface area contributed by atoms with Crippen molar-refractivity contribution < 1.29 is 124 Å². The van der Waals surface area contributed by atoms with Crippen LogP contribution in [0.25, 0.3) is 0 Å². The van der Waals surface area contributed by atoms with Crippen molar-refractivity contribution in [2.24, 2.45) is 10.8 Å². The number of carbonyl (C=O) groups is 16. The lowest BCUT2D eigenvalue weighted by molar-refractivity contribution is -0.175. The first-order valence-corrected chi connectivity index (χ1v) is 69.5. The zero-order chi connectivity index (χ0) is 110. The molecule has 4 amide bonds. The number of Topliss-reactive ketones (excluding diaryl/α,β-unsaturated/α-hetero) is 3. The first-order valence-electron chi connectivity index (χ1n) is 47.2. The number of aromatic nitrogens is 3. The van der Waals surface area contributed by atoms with E-state index >= 15 is 0 Å². The molecule has 1 heterocycles. The Balaban J connectivity index is 0. The van der Waals surface area contributed by atoms with Crippen LogP contribution in [0.15, 0.2) is 32.6 Å². The van der Waals surface area contributed by atoms with E-state index in [1.165, 1.54) is 153 Å². The third kappa shape index (κ3) is 72.6. The van der Waals surface area contributed by atoms with Crippen molar-refractivity contribution in [2.45, 2.75) is 122 Å². The Hall–Kier alpha value is -4.69. The summed E-state index contributed by atoms with van der Waals surface area (Å²) in [6.45, 7) is -0.564. The summed E-state index contributed by atoms with van der Waals surface area (Å²) in [5, 5.41) is 5.65. The smallest absolute Gasteiger partial charge is 0.336 e. The van der Waals surface area contributed by atoms with E-state index < -0.39 is 81.6 Å². The van der Waals surface area contributed by atoms with Gasteiger partial charge in [0.15, 0.2) is 5.78 Å². The van der Waals surface area contributed by atoms with Crippen molar-refractivity contribution in [3.8, 4) is 0 Å². The molecule has 0 fully saturated rings. The van der Waals surface area contributed by atoms with Gasteiger partial charge in [0.25, 0.3) is 11.8 Å². The summed E-state index contributed by atoms with van der Waals surface area (Å²) in [6, 6.07) is 4.74. The maximum Gasteiger partial charge on any atom is 0.336 e. The summed E-state index contributed by atoms with van der Waals surface area (Å²) in [6.07, 6.45) is 35.8. The summed E-state index contributed by atoms with van der Waals surface area (Å²) >= 11 is 24.3. The Labute approximate surface area is 936 Å². The second kappa shape index (κ2) is 94.8. The lowest BCUT2D eigenvalue weighted by Crippen LogP contribution is -2.55. The molecule has 1 aromatic carbocycles. The predicted molar refractivity (Wildman–Crippen MR) is 620 cm³/mol. The molecule has 0 aliphatic carbocycles. The summed E-state index contributed by atoms with van der Waals surface area (Å²) in [7, 11) is 0. The highest BCUT2D eigenvalue weighted by atomic mass is 32.2. The molecule has 0 saturated heterocycles. The molecule has 2 aromatic rings. The van der Waals surface area contributed by atoms with Gasteiger partial charge in [0.05, 0.1) is 124 Å². The Morgan fingerprint density at radius 2 is 0.503 bits per heavy atom. The minimum Gasteiger partial charge on any atom is -0.465 e. The number of hydrogen-bond donors (Lipinski definition) is 2. The van der Waals surface area contributed by atoms with Crippen molar-refractivity contribution in [1.29, 1.82) is 0 Å². The van der Waals surface area contributed by atoms with E-state index in [2.05, 4.69) is 10.6 Å². The predicted octanol–water partition coefficient (Wildman–Crippen LogP) is 11.2. The fourth-order valence-corrected chi connectivity index (χ4v) is 18.2. The molecule has 0 radical (unpaired) electrons. The van der Waals surface area contributed by atoms with Crippen LogP contribution in [0.3, 0.4) is 0 Å². The molecule has 0 bridgehead atoms. The molecule has 1 aromatic heterocycles. The van der Waals surface area contributed by atoms with Gasteiger partial charge >= 0.3 is 70.8 Å². The van der Waals surface area contributed by atoms with Crippen LogP contribution in [-0.2, 0) is 129 Å². The maximum absolute atomic E-state index is 12.9. The van der Waals surface area contributed by atoms with Gasteiger partial charge in [-0.05, 0) is 150 Å². The van der Waals surface area contributed by atoms with Gasteiger partial charge in [-0.3, -0.25) is 76.7 Å². The number of ether oxygens (including phenoxy) is 10. The molecule has 0 unspecified atom stereocenters. The van der Waals surface area contributed by atoms with E-state index in [1.54, 1.807) is 53.5 Å². The van der Waals surface area contributed by atoms with Crippen molar-refractivity contribution in [3.05, 3.63) is 66.3 Å². The molecule has 842 valence electrons. The second-order valence-electron chi connectivity index (χ2n) is 32.1. The van der Waals surface area contributed by atoms with Gasteiger partial charge in [0.2, 0.25) is 11.8 Å². The molecule has 0 aliphatic rings. The zero-order valence-electron chi connectivity index (χ0n) is 88.1. The Morgan fingerprint density at radius 3 is 0.748 bits per heavy atom. The first kappa shape index (κ1) is 144. The van der Waals surface area contributed by atoms with Gasteiger partial charge in [-0.2, -0.15) is 188 Å². The van der Waals surface area contributed by atoms with Crippen LogP contribution in [-0.4, -0.2) is 422 Å². The number of hydrogen-bond acceptors (Lipinski definition) is 45. The minimum absolute atomic E-state index is 0.0408. The highest BCUT2D eigenvalue weighted by Gasteiger charge is 2.42. The third-order valence-corrected chi connectivity index (χ3v) is 29.7. The largest absolute Gasteiger partial charge is 0.465 e. The van der Waals surface area contributed by atoms with Gasteiger partial charge in [0, 0.05) is 139 Å². The fourth-order valence-electron chi connectivity index (χ4n) is 12.0. The molecular weight excluding hydrogens is 2220 g/mol. The number of nitrogens with zero attached hydrogens (tertiary/aromatic N) is 5. The second-order valence-corrected chi connectivity index (χ2v) is 47.3. The molecule has 2 rings (SSSR count). The number of amides is 4. The first-order chi connectivity index (χ1) is 70.6. The van der Waals surface area contributed by atoms with Gasteiger partial charge < -0.3 is 67.8 Å². The van der Waals surface area contributed by atoms with E-state index in [0.29, 0.717) is 169 Å². The average molecular weight is 2370 g/mol. The quantitative estimate of drug-likeness (QED) is 0.0269. The number of esters is 9. The molecule has 36 nitrogen and oxygen atoms in total. The van der Waals surface area contributed by atoms with Crippen LogP contribution >= 0.6 is 188 Å². The number of ketones is 3. The molecule has 0 atom stereocenters. The zero-order valence-corrected chi connectivity index (χ0v) is 101. The molecule has 0 spiro atoms. The number of carbonyl (C=O) groups excluding carboxylic acids is 16. The van der Waals surface area contributed by atoms with Crippen molar-refractivity contribution >= 4 is 283 Å². The summed E-state index contributed by atoms with van der Waals surface area (Å²) < 4.78 is 57.6. The maximum atomic E-state index is 12.9. The Bertz CT molecular complexity index is 3830. The van der Waals surface area contributed by atoms with Crippen molar-refractivity contribution in [3.63, 3.8) is 0 Å². The molecule has 147 heavy (non-hydrogen) atoms. The molecule has 0 aliphatic heterocycles. The Morgan fingerprint density at radius 1 is 0.265 bits per heavy atom. The SMILES string of the molecule is CSCC(=O)CCCN(CCCN(CCCC(=O)CSC)C(=O)CSC)C(=O)CSC.CSCCC(=O)OCC(COCC(COC(=O)CCSC)(COC(=O)CCSC)COC(=O)CCSC)(COC(=O)CCSC)COC(=O)CCSC.CSCCC(=O)OCCn1c(=O)n(CCOC(=O)CCSC)c(=O)n(CCOC(=O)CCSC)c1=O.CSCCCC(=O)c1cc(C(=O)NCCSC)cc(C(=O)NCCSC)c1.